The molecule has 2 heterocycles. The lowest BCUT2D eigenvalue weighted by atomic mass is 9.78. The van der Waals surface area contributed by atoms with Crippen molar-refractivity contribution in [3.63, 3.8) is 0 Å². The molecule has 6 nitrogen and oxygen atoms in total. The summed E-state index contributed by atoms with van der Waals surface area (Å²) < 4.78 is 0. The van der Waals surface area contributed by atoms with Gasteiger partial charge >= 0.3 is 6.03 Å². The summed E-state index contributed by atoms with van der Waals surface area (Å²) in [6.07, 6.45) is 2.59. The van der Waals surface area contributed by atoms with E-state index in [0.29, 0.717) is 17.6 Å². The topological polar surface area (TPSA) is 69.7 Å². The average molecular weight is 446 g/mol. The minimum Gasteiger partial charge on any atom is -0.364 e. The molecular formula is C27H31N3O3. The minimum absolute atomic E-state index is 0.0362. The summed E-state index contributed by atoms with van der Waals surface area (Å²) in [5, 5.41) is 2.30. The van der Waals surface area contributed by atoms with Crippen molar-refractivity contribution < 1.29 is 14.4 Å². The van der Waals surface area contributed by atoms with Gasteiger partial charge in [-0.3, -0.25) is 14.9 Å². The van der Waals surface area contributed by atoms with Crippen molar-refractivity contribution in [3.8, 4) is 0 Å². The maximum absolute atomic E-state index is 13.2. The van der Waals surface area contributed by atoms with Crippen LogP contribution in [0.15, 0.2) is 48.0 Å². The Hall–Kier alpha value is -3.41. The molecular weight excluding hydrogens is 414 g/mol. The van der Waals surface area contributed by atoms with Gasteiger partial charge in [0.2, 0.25) is 0 Å². The molecule has 6 heteroatoms. The molecule has 2 aliphatic rings. The van der Waals surface area contributed by atoms with E-state index in [1.807, 2.05) is 19.1 Å². The van der Waals surface area contributed by atoms with Crippen LogP contribution in [0.1, 0.15) is 63.6 Å². The number of rotatable bonds is 3. The van der Waals surface area contributed by atoms with E-state index in [1.54, 1.807) is 24.3 Å². The van der Waals surface area contributed by atoms with E-state index >= 15 is 0 Å². The van der Waals surface area contributed by atoms with Gasteiger partial charge in [0.1, 0.15) is 5.57 Å². The van der Waals surface area contributed by atoms with Gasteiger partial charge < -0.3 is 4.90 Å². The summed E-state index contributed by atoms with van der Waals surface area (Å²) in [4.78, 5) is 41.7. The van der Waals surface area contributed by atoms with E-state index in [1.165, 1.54) is 11.3 Å². The highest BCUT2D eigenvalue weighted by atomic mass is 16.2. The molecule has 1 saturated heterocycles. The monoisotopic (exact) mass is 445 g/mol. The van der Waals surface area contributed by atoms with Crippen molar-refractivity contribution in [3.05, 3.63) is 64.7 Å². The van der Waals surface area contributed by atoms with Crippen molar-refractivity contribution in [2.75, 3.05) is 9.80 Å². The molecule has 2 aromatic carbocycles. The molecule has 4 rings (SSSR count). The summed E-state index contributed by atoms with van der Waals surface area (Å²) >= 11 is 0. The van der Waals surface area contributed by atoms with Crippen LogP contribution < -0.4 is 15.1 Å². The van der Waals surface area contributed by atoms with E-state index in [0.717, 1.165) is 22.4 Å². The number of urea groups is 1. The summed E-state index contributed by atoms with van der Waals surface area (Å²) in [6.45, 7) is 13.0. The van der Waals surface area contributed by atoms with Gasteiger partial charge in [0.25, 0.3) is 11.8 Å². The third kappa shape index (κ3) is 4.06. The largest absolute Gasteiger partial charge is 0.364 e. The van der Waals surface area contributed by atoms with Crippen LogP contribution in [-0.2, 0) is 9.59 Å². The number of carbonyl (C=O) groups excluding carboxylic acids is 3. The molecule has 0 spiro atoms. The Morgan fingerprint density at radius 3 is 2.48 bits per heavy atom. The van der Waals surface area contributed by atoms with E-state index in [9.17, 15) is 14.4 Å². The first-order valence-electron chi connectivity index (χ1n) is 11.4. The highest BCUT2D eigenvalue weighted by Crippen LogP contribution is 2.44. The summed E-state index contributed by atoms with van der Waals surface area (Å²) in [6, 6.07) is 12.8. The van der Waals surface area contributed by atoms with Crippen molar-refractivity contribution in [1.29, 1.82) is 0 Å². The lowest BCUT2D eigenvalue weighted by Gasteiger charge is -2.50. The molecule has 2 aliphatic heterocycles. The molecule has 0 radical (unpaired) electrons. The Kier molecular flexibility index (Phi) is 5.64. The van der Waals surface area contributed by atoms with E-state index in [4.69, 9.17) is 0 Å². The quantitative estimate of drug-likeness (QED) is 0.523. The number of amides is 4. The highest BCUT2D eigenvalue weighted by molar-refractivity contribution is 6.39. The number of carbonyl (C=O) groups is 3. The number of anilines is 2. The third-order valence-corrected chi connectivity index (χ3v) is 6.49. The second kappa shape index (κ2) is 8.18. The molecule has 0 aliphatic carbocycles. The first-order valence-corrected chi connectivity index (χ1v) is 11.4. The molecule has 0 saturated carbocycles. The molecule has 0 aromatic heterocycles. The fourth-order valence-electron chi connectivity index (χ4n) is 5.36. The fraction of sp³-hybridized carbons (Fsp3) is 0.370. The Balaban J connectivity index is 1.74. The van der Waals surface area contributed by atoms with Gasteiger partial charge in [-0.05, 0) is 94.0 Å². The molecule has 33 heavy (non-hydrogen) atoms. The van der Waals surface area contributed by atoms with Gasteiger partial charge in [-0.15, -0.1) is 0 Å². The first-order chi connectivity index (χ1) is 15.5. The zero-order chi connectivity index (χ0) is 24.1. The van der Waals surface area contributed by atoms with Gasteiger partial charge in [0.15, 0.2) is 0 Å². The number of hydrogen-bond donors (Lipinski definition) is 1. The standard InChI is InChI=1S/C27H31N3O3/c1-16(2)30-23-11-10-19(13-21(23)18(4)15-27(30,5)6)14-22-24(31)28-26(33)29(25(22)32)20-9-7-8-17(3)12-20/h7-14,16,18H,15H2,1-6H3,(H,28,31,33)/b22-14+/t18-/m0/s1. The smallest absolute Gasteiger partial charge is 0.335 e. The number of nitrogens with one attached hydrogen (secondary N) is 1. The van der Waals surface area contributed by atoms with Crippen molar-refractivity contribution >= 4 is 35.3 Å². The lowest BCUT2D eigenvalue weighted by Crippen LogP contribution is -2.54. The third-order valence-electron chi connectivity index (χ3n) is 6.49. The maximum Gasteiger partial charge on any atom is 0.335 e. The van der Waals surface area contributed by atoms with Crippen LogP contribution >= 0.6 is 0 Å². The molecule has 1 atom stereocenters. The average Bonchev–Trinajstić information content (AvgIpc) is 2.70. The van der Waals surface area contributed by atoms with Crippen LogP contribution in [0.3, 0.4) is 0 Å². The lowest BCUT2D eigenvalue weighted by molar-refractivity contribution is -0.122. The number of aryl methyl sites for hydroxylation is 1. The number of benzene rings is 2. The summed E-state index contributed by atoms with van der Waals surface area (Å²) in [7, 11) is 0. The molecule has 0 unspecified atom stereocenters. The Morgan fingerprint density at radius 2 is 1.82 bits per heavy atom. The molecule has 2 aromatic rings. The van der Waals surface area contributed by atoms with Crippen LogP contribution in [0.4, 0.5) is 16.2 Å². The molecule has 1 N–H and O–H groups in total. The van der Waals surface area contributed by atoms with E-state index < -0.39 is 17.8 Å². The second-order valence-corrected chi connectivity index (χ2v) is 10.00. The van der Waals surface area contributed by atoms with Crippen LogP contribution in [0.5, 0.6) is 0 Å². The van der Waals surface area contributed by atoms with Gasteiger partial charge in [0, 0.05) is 17.3 Å². The molecule has 172 valence electrons. The molecule has 4 amide bonds. The van der Waals surface area contributed by atoms with Crippen molar-refractivity contribution in [2.45, 2.75) is 65.5 Å². The van der Waals surface area contributed by atoms with E-state index in [-0.39, 0.29) is 11.1 Å². The predicted molar refractivity (Wildman–Crippen MR) is 131 cm³/mol. The number of nitrogens with zero attached hydrogens (tertiary/aromatic N) is 2. The van der Waals surface area contributed by atoms with Crippen LogP contribution in [0, 0.1) is 6.92 Å². The summed E-state index contributed by atoms with van der Waals surface area (Å²) in [5.74, 6) is -0.959. The number of fused-ring (bicyclic) bond motifs is 1. The molecule has 1 fully saturated rings. The van der Waals surface area contributed by atoms with Crippen LogP contribution in [0.25, 0.3) is 6.08 Å². The zero-order valence-electron chi connectivity index (χ0n) is 20.1. The number of barbiturate groups is 1. The molecule has 0 bridgehead atoms. The number of imide groups is 2. The minimum atomic E-state index is -0.735. The Morgan fingerprint density at radius 1 is 1.09 bits per heavy atom. The van der Waals surface area contributed by atoms with Crippen LogP contribution in [-0.4, -0.2) is 29.4 Å². The fourth-order valence-corrected chi connectivity index (χ4v) is 5.36. The Labute approximate surface area is 195 Å². The van der Waals surface area contributed by atoms with E-state index in [2.05, 4.69) is 57.0 Å². The maximum atomic E-state index is 13.2. The van der Waals surface area contributed by atoms with Gasteiger partial charge in [0.05, 0.1) is 5.69 Å². The van der Waals surface area contributed by atoms with Crippen molar-refractivity contribution in [1.82, 2.24) is 5.32 Å². The van der Waals surface area contributed by atoms with Gasteiger partial charge in [-0.2, -0.15) is 0 Å². The predicted octanol–water partition coefficient (Wildman–Crippen LogP) is 5.16. The van der Waals surface area contributed by atoms with Gasteiger partial charge in [-0.25, -0.2) is 9.69 Å². The Bertz CT molecular complexity index is 1180. The van der Waals surface area contributed by atoms with Gasteiger partial charge in [-0.1, -0.05) is 25.1 Å². The SMILES string of the molecule is Cc1cccc(N2C(=O)NC(=O)/C(=C\c3ccc4c(c3)[C@@H](C)CC(C)(C)N4C(C)C)C2=O)c1. The number of hydrogen-bond acceptors (Lipinski definition) is 4. The van der Waals surface area contributed by atoms with Crippen molar-refractivity contribution in [2.24, 2.45) is 0 Å². The first kappa shape index (κ1) is 22.8. The van der Waals surface area contributed by atoms with Crippen LogP contribution in [0.2, 0.25) is 0 Å². The summed E-state index contributed by atoms with van der Waals surface area (Å²) in [5.41, 5.74) is 4.48. The highest BCUT2D eigenvalue weighted by Gasteiger charge is 2.39. The normalized spacial score (nSPS) is 21.5. The zero-order valence-corrected chi connectivity index (χ0v) is 20.1. The second-order valence-electron chi connectivity index (χ2n) is 10.00.